The Morgan fingerprint density at radius 3 is 2.88 bits per heavy atom. The fourth-order valence-corrected chi connectivity index (χ4v) is 2.85. The molecule has 0 saturated heterocycles. The Morgan fingerprint density at radius 1 is 1.38 bits per heavy atom. The summed E-state index contributed by atoms with van der Waals surface area (Å²) in [6, 6.07) is 1.84. The van der Waals surface area contributed by atoms with Gasteiger partial charge in [0.2, 0.25) is 0 Å². The predicted molar refractivity (Wildman–Crippen MR) is 103 cm³/mol. The number of rotatable bonds is 8. The zero-order valence-corrected chi connectivity index (χ0v) is 14.7. The van der Waals surface area contributed by atoms with Crippen molar-refractivity contribution in [3.05, 3.63) is 53.8 Å². The van der Waals surface area contributed by atoms with Crippen molar-refractivity contribution in [1.82, 2.24) is 15.0 Å². The van der Waals surface area contributed by atoms with Crippen LogP contribution in [-0.4, -0.2) is 28.0 Å². The monoisotopic (exact) mass is 342 g/mol. The lowest BCUT2D eigenvalue weighted by Crippen LogP contribution is -2.14. The Morgan fingerprint density at radius 2 is 2.17 bits per heavy atom. The Balaban J connectivity index is 2.18. The molecule has 0 aromatic carbocycles. The van der Waals surface area contributed by atoms with Crippen LogP contribution >= 0.6 is 11.3 Å². The molecule has 2 heterocycles. The Kier molecular flexibility index (Phi) is 6.65. The van der Waals surface area contributed by atoms with Crippen LogP contribution in [-0.2, 0) is 0 Å². The van der Waals surface area contributed by atoms with Crippen molar-refractivity contribution in [2.24, 2.45) is 5.73 Å². The highest BCUT2D eigenvalue weighted by molar-refractivity contribution is 7.16. The van der Waals surface area contributed by atoms with E-state index >= 15 is 0 Å². The second-order valence-corrected chi connectivity index (χ2v) is 5.94. The molecule has 6 nitrogen and oxygen atoms in total. The molecule has 0 bridgehead atoms. The molecule has 0 atom stereocenters. The van der Waals surface area contributed by atoms with E-state index in [2.05, 4.69) is 32.2 Å². The number of thiazole rings is 1. The first-order valence-corrected chi connectivity index (χ1v) is 8.46. The average molecular weight is 342 g/mol. The Hall–Kier alpha value is -2.51. The zero-order chi connectivity index (χ0) is 17.4. The first kappa shape index (κ1) is 17.8. The number of nitrogens with one attached hydrogen (secondary N) is 2. The molecule has 7 heteroatoms. The average Bonchev–Trinajstić information content (AvgIpc) is 3.00. The van der Waals surface area contributed by atoms with Crippen molar-refractivity contribution >= 4 is 33.7 Å². The van der Waals surface area contributed by atoms with Crippen molar-refractivity contribution in [3.63, 3.8) is 0 Å². The minimum absolute atomic E-state index is 0.547. The van der Waals surface area contributed by atoms with Crippen molar-refractivity contribution in [2.45, 2.75) is 13.8 Å². The van der Waals surface area contributed by atoms with E-state index in [1.807, 2.05) is 44.3 Å². The van der Waals surface area contributed by atoms with Crippen LogP contribution in [0.3, 0.4) is 0 Å². The quantitative estimate of drug-likeness (QED) is 0.636. The third kappa shape index (κ3) is 5.00. The van der Waals surface area contributed by atoms with E-state index in [4.69, 9.17) is 5.73 Å². The number of aromatic nitrogens is 3. The van der Waals surface area contributed by atoms with Gasteiger partial charge < -0.3 is 16.4 Å². The van der Waals surface area contributed by atoms with E-state index in [9.17, 15) is 0 Å². The molecule has 0 aliphatic rings. The van der Waals surface area contributed by atoms with Gasteiger partial charge in [-0.05, 0) is 19.4 Å². The summed E-state index contributed by atoms with van der Waals surface area (Å²) >= 11 is 1.55. The maximum atomic E-state index is 5.51. The van der Waals surface area contributed by atoms with Crippen LogP contribution in [0.15, 0.2) is 43.1 Å². The number of anilines is 3. The number of nitrogens with zero attached hydrogens (tertiary/aromatic N) is 3. The summed E-state index contributed by atoms with van der Waals surface area (Å²) in [6.45, 7) is 8.79. The molecule has 0 amide bonds. The maximum absolute atomic E-state index is 5.51. The molecule has 0 saturated carbocycles. The highest BCUT2D eigenvalue weighted by atomic mass is 32.1. The van der Waals surface area contributed by atoms with E-state index in [1.165, 1.54) is 0 Å². The van der Waals surface area contributed by atoms with E-state index in [-0.39, 0.29) is 0 Å². The van der Waals surface area contributed by atoms with Gasteiger partial charge >= 0.3 is 0 Å². The van der Waals surface area contributed by atoms with Gasteiger partial charge in [0.05, 0.1) is 4.88 Å². The summed E-state index contributed by atoms with van der Waals surface area (Å²) in [7, 11) is 0. The van der Waals surface area contributed by atoms with Crippen molar-refractivity contribution in [1.29, 1.82) is 0 Å². The lowest BCUT2D eigenvalue weighted by Gasteiger charge is -2.08. The normalized spacial score (nSPS) is 11.7. The minimum atomic E-state index is 0.547. The number of nitrogens with two attached hydrogens (primary N) is 1. The summed E-state index contributed by atoms with van der Waals surface area (Å²) in [5.74, 6) is 2.12. The van der Waals surface area contributed by atoms with Gasteiger partial charge in [0, 0.05) is 25.4 Å². The molecular formula is C17H22N6S. The fraction of sp³-hybridized carbons (Fsp3) is 0.235. The third-order valence-corrected chi connectivity index (χ3v) is 3.92. The highest BCUT2D eigenvalue weighted by Gasteiger charge is 2.07. The second-order valence-electron chi connectivity index (χ2n) is 4.91. The van der Waals surface area contributed by atoms with Crippen LogP contribution in [0.2, 0.25) is 0 Å². The molecule has 2 aromatic rings. The van der Waals surface area contributed by atoms with Crippen LogP contribution < -0.4 is 16.4 Å². The summed E-state index contributed by atoms with van der Waals surface area (Å²) in [4.78, 5) is 14.2. The molecule has 2 rings (SSSR count). The van der Waals surface area contributed by atoms with E-state index in [1.54, 1.807) is 17.4 Å². The smallest absolute Gasteiger partial charge is 0.188 e. The molecule has 2 aromatic heterocycles. The second kappa shape index (κ2) is 8.95. The van der Waals surface area contributed by atoms with Gasteiger partial charge in [-0.25, -0.2) is 15.0 Å². The van der Waals surface area contributed by atoms with E-state index < -0.39 is 0 Å². The fourth-order valence-electron chi connectivity index (χ4n) is 2.02. The molecular weight excluding hydrogens is 320 g/mol. The number of hydrogen-bond acceptors (Lipinski definition) is 7. The molecule has 24 heavy (non-hydrogen) atoms. The standard InChI is InChI=1S/C17H22N6S/c1-4-6-13(7-5-2)14-11-20-17(24-14)23-16-10-15(19-9-8-18)21-12(3)22-16/h4-7,10-11H,1,8-9,18H2,2-3H3,(H2,19,20,21,22,23)/b7-5-,13-6+. The third-order valence-electron chi connectivity index (χ3n) is 2.96. The summed E-state index contributed by atoms with van der Waals surface area (Å²) in [6.07, 6.45) is 9.59. The molecule has 4 N–H and O–H groups in total. The van der Waals surface area contributed by atoms with Crippen LogP contribution in [0.25, 0.3) is 5.57 Å². The molecule has 0 unspecified atom stereocenters. The lowest BCUT2D eigenvalue weighted by molar-refractivity contribution is 0.987. The van der Waals surface area contributed by atoms with Gasteiger partial charge in [-0.1, -0.05) is 42.2 Å². The van der Waals surface area contributed by atoms with Crippen molar-refractivity contribution in [2.75, 3.05) is 23.7 Å². The number of allylic oxidation sites excluding steroid dienone is 5. The van der Waals surface area contributed by atoms with Crippen LogP contribution in [0.5, 0.6) is 0 Å². The first-order valence-electron chi connectivity index (χ1n) is 7.64. The van der Waals surface area contributed by atoms with Gasteiger partial charge in [0.15, 0.2) is 5.13 Å². The maximum Gasteiger partial charge on any atom is 0.188 e. The highest BCUT2D eigenvalue weighted by Crippen LogP contribution is 2.28. The van der Waals surface area contributed by atoms with Gasteiger partial charge in [-0.2, -0.15) is 0 Å². The summed E-state index contributed by atoms with van der Waals surface area (Å²) in [5, 5.41) is 7.16. The molecule has 126 valence electrons. The Labute approximate surface area is 146 Å². The summed E-state index contributed by atoms with van der Waals surface area (Å²) < 4.78 is 0. The topological polar surface area (TPSA) is 88.8 Å². The van der Waals surface area contributed by atoms with Gasteiger partial charge in [0.1, 0.15) is 17.5 Å². The molecule has 0 aliphatic carbocycles. The SMILES string of the molecule is C=C/C=C(\C=C/C)c1cnc(Nc2cc(NCCN)nc(C)n2)s1. The van der Waals surface area contributed by atoms with Crippen molar-refractivity contribution in [3.8, 4) is 0 Å². The number of aryl methyl sites for hydroxylation is 1. The minimum Gasteiger partial charge on any atom is -0.369 e. The molecule has 0 spiro atoms. The molecule has 0 aliphatic heterocycles. The van der Waals surface area contributed by atoms with Gasteiger partial charge in [-0.3, -0.25) is 0 Å². The van der Waals surface area contributed by atoms with E-state index in [0.717, 1.165) is 21.4 Å². The van der Waals surface area contributed by atoms with Crippen molar-refractivity contribution < 1.29 is 0 Å². The van der Waals surface area contributed by atoms with Crippen LogP contribution in [0.4, 0.5) is 16.8 Å². The largest absolute Gasteiger partial charge is 0.369 e. The number of hydrogen-bond donors (Lipinski definition) is 3. The lowest BCUT2D eigenvalue weighted by atomic mass is 10.2. The first-order chi connectivity index (χ1) is 11.7. The molecule has 0 fully saturated rings. The van der Waals surface area contributed by atoms with E-state index in [0.29, 0.717) is 24.7 Å². The molecule has 0 radical (unpaired) electrons. The van der Waals surface area contributed by atoms with Crippen LogP contribution in [0, 0.1) is 6.92 Å². The van der Waals surface area contributed by atoms with Gasteiger partial charge in [0.25, 0.3) is 0 Å². The summed E-state index contributed by atoms with van der Waals surface area (Å²) in [5.41, 5.74) is 6.58. The predicted octanol–water partition coefficient (Wildman–Crippen LogP) is 3.50. The zero-order valence-electron chi connectivity index (χ0n) is 13.9. The van der Waals surface area contributed by atoms with Crippen LogP contribution in [0.1, 0.15) is 17.6 Å². The van der Waals surface area contributed by atoms with Gasteiger partial charge in [-0.15, -0.1) is 0 Å². The Bertz CT molecular complexity index is 747.